The molecule has 2 aromatic rings. The van der Waals surface area contributed by atoms with Gasteiger partial charge in [-0.25, -0.2) is 8.42 Å². The molecule has 0 aliphatic carbocycles. The Morgan fingerprint density at radius 3 is 2.53 bits per heavy atom. The lowest BCUT2D eigenvalue weighted by atomic mass is 10.0. The molecular formula is C15H15ClO2S. The van der Waals surface area contributed by atoms with Gasteiger partial charge in [0.2, 0.25) is 0 Å². The zero-order chi connectivity index (χ0) is 14.0. The van der Waals surface area contributed by atoms with Gasteiger partial charge in [-0.05, 0) is 47.9 Å². The second kappa shape index (κ2) is 5.35. The number of halogens is 1. The lowest BCUT2D eigenvalue weighted by Gasteiger charge is -2.09. The molecule has 0 aliphatic heterocycles. The molecule has 2 nitrogen and oxygen atoms in total. The van der Waals surface area contributed by atoms with E-state index in [0.717, 1.165) is 16.7 Å². The van der Waals surface area contributed by atoms with Crippen LogP contribution in [-0.2, 0) is 9.84 Å². The first-order valence-electron chi connectivity index (χ1n) is 6.03. The van der Waals surface area contributed by atoms with Crippen molar-refractivity contribution >= 4 is 21.4 Å². The Kier molecular flexibility index (Phi) is 3.97. The van der Waals surface area contributed by atoms with Crippen molar-refractivity contribution in [2.45, 2.75) is 18.7 Å². The van der Waals surface area contributed by atoms with Crippen molar-refractivity contribution in [3.63, 3.8) is 0 Å². The third-order valence-electron chi connectivity index (χ3n) is 3.08. The van der Waals surface area contributed by atoms with Crippen molar-refractivity contribution in [3.05, 3.63) is 53.1 Å². The topological polar surface area (TPSA) is 34.1 Å². The smallest absolute Gasteiger partial charge is 0.178 e. The Morgan fingerprint density at radius 1 is 1.11 bits per heavy atom. The zero-order valence-corrected chi connectivity index (χ0v) is 12.4. The van der Waals surface area contributed by atoms with Crippen LogP contribution in [-0.4, -0.2) is 14.2 Å². The van der Waals surface area contributed by atoms with Gasteiger partial charge in [-0.1, -0.05) is 36.7 Å². The normalized spacial score (nSPS) is 11.5. The van der Waals surface area contributed by atoms with Crippen LogP contribution in [0.25, 0.3) is 11.1 Å². The van der Waals surface area contributed by atoms with E-state index < -0.39 is 9.84 Å². The molecule has 2 aromatic carbocycles. The van der Waals surface area contributed by atoms with Crippen LogP contribution in [0.1, 0.15) is 12.5 Å². The summed E-state index contributed by atoms with van der Waals surface area (Å²) in [6.45, 7) is 3.62. The molecule has 0 aliphatic rings. The van der Waals surface area contributed by atoms with Gasteiger partial charge in [0.05, 0.1) is 10.6 Å². The van der Waals surface area contributed by atoms with Crippen LogP contribution < -0.4 is 0 Å². The highest BCUT2D eigenvalue weighted by Crippen LogP contribution is 2.28. The van der Waals surface area contributed by atoms with E-state index in [-0.39, 0.29) is 5.75 Å². The summed E-state index contributed by atoms with van der Waals surface area (Å²) in [6.07, 6.45) is 0. The average molecular weight is 295 g/mol. The maximum atomic E-state index is 11.9. The summed E-state index contributed by atoms with van der Waals surface area (Å²) < 4.78 is 23.8. The number of benzene rings is 2. The van der Waals surface area contributed by atoms with Gasteiger partial charge >= 0.3 is 0 Å². The monoisotopic (exact) mass is 294 g/mol. The van der Waals surface area contributed by atoms with Crippen LogP contribution >= 0.6 is 11.6 Å². The van der Waals surface area contributed by atoms with E-state index in [9.17, 15) is 8.42 Å². The van der Waals surface area contributed by atoms with Crippen LogP contribution in [0.3, 0.4) is 0 Å². The number of aryl methyl sites for hydroxylation is 1. The van der Waals surface area contributed by atoms with Gasteiger partial charge in [-0.15, -0.1) is 0 Å². The lowest BCUT2D eigenvalue weighted by molar-refractivity contribution is 0.597. The van der Waals surface area contributed by atoms with Gasteiger partial charge in [-0.2, -0.15) is 0 Å². The number of sulfone groups is 1. The SMILES string of the molecule is CCS(=O)(=O)c1cccc(-c2cc(Cl)ccc2C)c1. The van der Waals surface area contributed by atoms with Crippen molar-refractivity contribution < 1.29 is 8.42 Å². The van der Waals surface area contributed by atoms with E-state index in [0.29, 0.717) is 9.92 Å². The van der Waals surface area contributed by atoms with Gasteiger partial charge in [-0.3, -0.25) is 0 Å². The third-order valence-corrected chi connectivity index (χ3v) is 5.05. The fourth-order valence-corrected chi connectivity index (χ4v) is 3.03. The standard InChI is InChI=1S/C15H15ClO2S/c1-3-19(17,18)14-6-4-5-12(9-14)15-10-13(16)8-7-11(15)2/h4-10H,3H2,1-2H3. The Bertz CT molecular complexity index is 706. The first kappa shape index (κ1) is 14.1. The molecule has 0 aromatic heterocycles. The Balaban J connectivity index is 2.59. The van der Waals surface area contributed by atoms with E-state index in [4.69, 9.17) is 11.6 Å². The summed E-state index contributed by atoms with van der Waals surface area (Å²) in [5.41, 5.74) is 2.89. The van der Waals surface area contributed by atoms with Crippen LogP contribution in [0, 0.1) is 6.92 Å². The van der Waals surface area contributed by atoms with E-state index in [2.05, 4.69) is 0 Å². The van der Waals surface area contributed by atoms with Crippen molar-refractivity contribution in [3.8, 4) is 11.1 Å². The van der Waals surface area contributed by atoms with Gasteiger partial charge in [0.25, 0.3) is 0 Å². The summed E-state index contributed by atoms with van der Waals surface area (Å²) in [6, 6.07) is 12.6. The van der Waals surface area contributed by atoms with Crippen molar-refractivity contribution in [1.82, 2.24) is 0 Å². The maximum Gasteiger partial charge on any atom is 0.178 e. The summed E-state index contributed by atoms with van der Waals surface area (Å²) in [5, 5.41) is 0.643. The molecule has 0 saturated heterocycles. The maximum absolute atomic E-state index is 11.9. The first-order valence-corrected chi connectivity index (χ1v) is 8.06. The van der Waals surface area contributed by atoms with Gasteiger partial charge in [0, 0.05) is 5.02 Å². The number of hydrogen-bond donors (Lipinski definition) is 0. The summed E-state index contributed by atoms with van der Waals surface area (Å²) >= 11 is 6.01. The molecule has 0 radical (unpaired) electrons. The Labute approximate surface area is 119 Å². The second-order valence-corrected chi connectivity index (χ2v) is 7.11. The highest BCUT2D eigenvalue weighted by molar-refractivity contribution is 7.91. The summed E-state index contributed by atoms with van der Waals surface area (Å²) in [4.78, 5) is 0.354. The number of rotatable bonds is 3. The zero-order valence-electron chi connectivity index (χ0n) is 10.9. The molecule has 2 rings (SSSR count). The van der Waals surface area contributed by atoms with Crippen LogP contribution in [0.15, 0.2) is 47.4 Å². The minimum Gasteiger partial charge on any atom is -0.224 e. The molecular weight excluding hydrogens is 280 g/mol. The van der Waals surface area contributed by atoms with Crippen molar-refractivity contribution in [2.75, 3.05) is 5.75 Å². The Morgan fingerprint density at radius 2 is 1.84 bits per heavy atom. The second-order valence-electron chi connectivity index (χ2n) is 4.39. The average Bonchev–Trinajstić information content (AvgIpc) is 2.41. The van der Waals surface area contributed by atoms with Crippen molar-refractivity contribution in [1.29, 1.82) is 0 Å². The molecule has 4 heteroatoms. The quantitative estimate of drug-likeness (QED) is 0.854. The highest BCUT2D eigenvalue weighted by atomic mass is 35.5. The summed E-state index contributed by atoms with van der Waals surface area (Å²) in [7, 11) is -3.18. The molecule has 100 valence electrons. The molecule has 0 atom stereocenters. The molecule has 0 unspecified atom stereocenters. The molecule has 0 bridgehead atoms. The first-order chi connectivity index (χ1) is 8.94. The molecule has 0 saturated carbocycles. The van der Waals surface area contributed by atoms with Gasteiger partial charge < -0.3 is 0 Å². The van der Waals surface area contributed by atoms with Crippen molar-refractivity contribution in [2.24, 2.45) is 0 Å². The highest BCUT2D eigenvalue weighted by Gasteiger charge is 2.12. The van der Waals surface area contributed by atoms with E-state index in [1.54, 1.807) is 25.1 Å². The molecule has 0 heterocycles. The predicted molar refractivity (Wildman–Crippen MR) is 79.4 cm³/mol. The fraction of sp³-hybridized carbons (Fsp3) is 0.200. The lowest BCUT2D eigenvalue weighted by Crippen LogP contribution is -2.03. The van der Waals surface area contributed by atoms with E-state index in [1.807, 2.05) is 31.2 Å². The molecule has 0 N–H and O–H groups in total. The minimum atomic E-state index is -3.18. The fourth-order valence-electron chi connectivity index (χ4n) is 1.93. The van der Waals surface area contributed by atoms with Crippen LogP contribution in [0.5, 0.6) is 0 Å². The van der Waals surface area contributed by atoms with Crippen LogP contribution in [0.2, 0.25) is 5.02 Å². The van der Waals surface area contributed by atoms with E-state index >= 15 is 0 Å². The van der Waals surface area contributed by atoms with Gasteiger partial charge in [0.1, 0.15) is 0 Å². The van der Waals surface area contributed by atoms with Gasteiger partial charge in [0.15, 0.2) is 9.84 Å². The molecule has 0 amide bonds. The third kappa shape index (κ3) is 2.99. The summed E-state index contributed by atoms with van der Waals surface area (Å²) in [5.74, 6) is 0.102. The predicted octanol–water partition coefficient (Wildman–Crippen LogP) is 4.11. The number of hydrogen-bond acceptors (Lipinski definition) is 2. The molecule has 0 spiro atoms. The molecule has 19 heavy (non-hydrogen) atoms. The van der Waals surface area contributed by atoms with Crippen LogP contribution in [0.4, 0.5) is 0 Å². The minimum absolute atomic E-state index is 0.102. The molecule has 0 fully saturated rings. The largest absolute Gasteiger partial charge is 0.224 e. The Hall–Kier alpha value is -1.32. The van der Waals surface area contributed by atoms with E-state index in [1.165, 1.54) is 0 Å².